The highest BCUT2D eigenvalue weighted by molar-refractivity contribution is 6.33. The maximum Gasteiger partial charge on any atom is 0.241 e. The van der Waals surface area contributed by atoms with Crippen molar-refractivity contribution < 1.29 is 4.79 Å². The first-order valence-electron chi connectivity index (χ1n) is 5.25. The van der Waals surface area contributed by atoms with Crippen LogP contribution in [0.3, 0.4) is 0 Å². The molecule has 2 heterocycles. The number of carbonyl (C=O) groups excluding carboxylic acids is 1. The van der Waals surface area contributed by atoms with Crippen LogP contribution in [0.4, 0.5) is 5.82 Å². The Labute approximate surface area is 109 Å². The normalized spacial score (nSPS) is 17.2. The molecule has 0 atom stereocenters. The van der Waals surface area contributed by atoms with E-state index in [1.165, 1.54) is 6.20 Å². The van der Waals surface area contributed by atoms with Gasteiger partial charge >= 0.3 is 0 Å². The fourth-order valence-corrected chi connectivity index (χ4v) is 2.07. The highest BCUT2D eigenvalue weighted by atomic mass is 35.5. The van der Waals surface area contributed by atoms with Gasteiger partial charge in [0.05, 0.1) is 12.7 Å². The molecule has 0 bridgehead atoms. The van der Waals surface area contributed by atoms with E-state index < -0.39 is 0 Å². The van der Waals surface area contributed by atoms with Crippen LogP contribution in [0.5, 0.6) is 0 Å². The molecule has 0 aliphatic carbocycles. The van der Waals surface area contributed by atoms with Crippen LogP contribution >= 0.6 is 23.2 Å². The quantitative estimate of drug-likeness (QED) is 0.728. The monoisotopic (exact) mass is 274 g/mol. The van der Waals surface area contributed by atoms with E-state index >= 15 is 0 Å². The van der Waals surface area contributed by atoms with Gasteiger partial charge in [-0.05, 0) is 18.0 Å². The molecule has 5 nitrogen and oxygen atoms in total. The summed E-state index contributed by atoms with van der Waals surface area (Å²) in [6.45, 7) is 1.73. The number of carbonyl (C=O) groups is 1. The molecule has 1 aromatic rings. The summed E-state index contributed by atoms with van der Waals surface area (Å²) < 4.78 is 0. The lowest BCUT2D eigenvalue weighted by Crippen LogP contribution is -2.34. The molecule has 0 unspecified atom stereocenters. The van der Waals surface area contributed by atoms with Crippen molar-refractivity contribution >= 4 is 34.9 Å². The van der Waals surface area contributed by atoms with Crippen LogP contribution in [0.15, 0.2) is 6.20 Å². The number of aromatic nitrogens is 2. The molecule has 7 heteroatoms. The summed E-state index contributed by atoms with van der Waals surface area (Å²) in [5.74, 6) is 0.573. The number of nitrogens with zero attached hydrogens (tertiary/aromatic N) is 4. The van der Waals surface area contributed by atoms with Crippen LogP contribution in [-0.2, 0) is 4.79 Å². The molecular formula is C10H12Cl2N4O. The molecule has 0 aromatic carbocycles. The van der Waals surface area contributed by atoms with Gasteiger partial charge in [-0.25, -0.2) is 4.98 Å². The first kappa shape index (κ1) is 12.4. The van der Waals surface area contributed by atoms with Crippen LogP contribution in [-0.4, -0.2) is 47.5 Å². The van der Waals surface area contributed by atoms with Crippen molar-refractivity contribution in [2.24, 2.45) is 0 Å². The Morgan fingerprint density at radius 1 is 1.35 bits per heavy atom. The SMILES string of the molecule is CN1CCCN(c2nc(Cl)ncc2Cl)CC1=O. The van der Waals surface area contributed by atoms with Gasteiger partial charge in [0.25, 0.3) is 0 Å². The Morgan fingerprint density at radius 3 is 2.88 bits per heavy atom. The van der Waals surface area contributed by atoms with Gasteiger partial charge < -0.3 is 9.80 Å². The number of halogens is 2. The summed E-state index contributed by atoms with van der Waals surface area (Å²) in [5, 5.41) is 0.543. The molecule has 92 valence electrons. The Morgan fingerprint density at radius 2 is 2.12 bits per heavy atom. The molecular weight excluding hydrogens is 263 g/mol. The van der Waals surface area contributed by atoms with Gasteiger partial charge in [-0.1, -0.05) is 11.6 Å². The zero-order valence-corrected chi connectivity index (χ0v) is 10.9. The average molecular weight is 275 g/mol. The van der Waals surface area contributed by atoms with Crippen LogP contribution in [0.1, 0.15) is 6.42 Å². The molecule has 0 spiro atoms. The predicted molar refractivity (Wildman–Crippen MR) is 66.5 cm³/mol. The minimum absolute atomic E-state index is 0.0494. The Kier molecular flexibility index (Phi) is 3.69. The second-order valence-corrected chi connectivity index (χ2v) is 4.65. The molecule has 1 saturated heterocycles. The number of hydrogen-bond acceptors (Lipinski definition) is 4. The van der Waals surface area contributed by atoms with E-state index in [1.54, 1.807) is 11.9 Å². The van der Waals surface area contributed by atoms with Gasteiger partial charge in [-0.15, -0.1) is 0 Å². The molecule has 1 fully saturated rings. The maximum absolute atomic E-state index is 11.8. The van der Waals surface area contributed by atoms with Crippen molar-refractivity contribution in [1.82, 2.24) is 14.9 Å². The van der Waals surface area contributed by atoms with Gasteiger partial charge in [0, 0.05) is 20.1 Å². The second kappa shape index (κ2) is 5.06. The third kappa shape index (κ3) is 2.79. The number of likely N-dealkylation sites (N-methyl/N-ethyl adjacent to an activating group) is 1. The number of rotatable bonds is 1. The van der Waals surface area contributed by atoms with Crippen LogP contribution in [0.2, 0.25) is 10.3 Å². The van der Waals surface area contributed by atoms with Crippen LogP contribution < -0.4 is 4.90 Å². The van der Waals surface area contributed by atoms with Crippen molar-refractivity contribution in [3.05, 3.63) is 16.5 Å². The highest BCUT2D eigenvalue weighted by Crippen LogP contribution is 2.24. The average Bonchev–Trinajstić information content (AvgIpc) is 2.45. The molecule has 0 N–H and O–H groups in total. The lowest BCUT2D eigenvalue weighted by atomic mass is 10.4. The van der Waals surface area contributed by atoms with Gasteiger partial charge in [0.1, 0.15) is 5.02 Å². The van der Waals surface area contributed by atoms with Crippen molar-refractivity contribution in [1.29, 1.82) is 0 Å². The minimum atomic E-state index is 0.0494. The topological polar surface area (TPSA) is 49.3 Å². The van der Waals surface area contributed by atoms with E-state index in [-0.39, 0.29) is 17.7 Å². The number of amides is 1. The Balaban J connectivity index is 2.26. The summed E-state index contributed by atoms with van der Waals surface area (Å²) >= 11 is 11.8. The van der Waals surface area contributed by atoms with Gasteiger partial charge in [0.2, 0.25) is 11.2 Å². The standard InChI is InChI=1S/C10H12Cl2N4O/c1-15-3-2-4-16(6-8(15)17)9-7(11)5-13-10(12)14-9/h5H,2-4,6H2,1H3. The fourth-order valence-electron chi connectivity index (χ4n) is 1.73. The zero-order chi connectivity index (χ0) is 12.4. The number of hydrogen-bond donors (Lipinski definition) is 0. The van der Waals surface area contributed by atoms with Crippen molar-refractivity contribution in [2.75, 3.05) is 31.6 Å². The van der Waals surface area contributed by atoms with Gasteiger partial charge in [-0.2, -0.15) is 4.98 Å². The Hall–Kier alpha value is -1.07. The lowest BCUT2D eigenvalue weighted by molar-refractivity contribution is -0.127. The van der Waals surface area contributed by atoms with Gasteiger partial charge in [-0.3, -0.25) is 4.79 Å². The maximum atomic E-state index is 11.8. The van der Waals surface area contributed by atoms with Gasteiger partial charge in [0.15, 0.2) is 5.82 Å². The number of anilines is 1. The Bertz CT molecular complexity index is 440. The summed E-state index contributed by atoms with van der Waals surface area (Å²) in [5.41, 5.74) is 0. The van der Waals surface area contributed by atoms with E-state index in [9.17, 15) is 4.79 Å². The van der Waals surface area contributed by atoms with Crippen molar-refractivity contribution in [3.63, 3.8) is 0 Å². The molecule has 1 aliphatic rings. The summed E-state index contributed by atoms with van der Waals surface area (Å²) in [4.78, 5) is 23.2. The zero-order valence-electron chi connectivity index (χ0n) is 9.36. The summed E-state index contributed by atoms with van der Waals surface area (Å²) in [7, 11) is 1.79. The van der Waals surface area contributed by atoms with E-state index in [0.29, 0.717) is 10.8 Å². The molecule has 17 heavy (non-hydrogen) atoms. The lowest BCUT2D eigenvalue weighted by Gasteiger charge is -2.21. The van der Waals surface area contributed by atoms with E-state index in [2.05, 4.69) is 9.97 Å². The van der Waals surface area contributed by atoms with E-state index in [1.807, 2.05) is 4.90 Å². The first-order valence-corrected chi connectivity index (χ1v) is 6.00. The van der Waals surface area contributed by atoms with E-state index in [0.717, 1.165) is 19.5 Å². The molecule has 0 saturated carbocycles. The molecule has 1 aromatic heterocycles. The molecule has 1 amide bonds. The first-order chi connectivity index (χ1) is 8.08. The van der Waals surface area contributed by atoms with Crippen molar-refractivity contribution in [2.45, 2.75) is 6.42 Å². The molecule has 0 radical (unpaired) electrons. The third-order valence-corrected chi connectivity index (χ3v) is 3.12. The minimum Gasteiger partial charge on any atom is -0.346 e. The smallest absolute Gasteiger partial charge is 0.241 e. The summed E-state index contributed by atoms with van der Waals surface area (Å²) in [6.07, 6.45) is 2.32. The largest absolute Gasteiger partial charge is 0.346 e. The highest BCUT2D eigenvalue weighted by Gasteiger charge is 2.22. The third-order valence-electron chi connectivity index (χ3n) is 2.67. The predicted octanol–water partition coefficient (Wildman–Crippen LogP) is 1.45. The van der Waals surface area contributed by atoms with Crippen molar-refractivity contribution in [3.8, 4) is 0 Å². The summed E-state index contributed by atoms with van der Waals surface area (Å²) in [6, 6.07) is 0. The molecule has 2 rings (SSSR count). The second-order valence-electron chi connectivity index (χ2n) is 3.90. The molecule has 1 aliphatic heterocycles. The van der Waals surface area contributed by atoms with Crippen LogP contribution in [0, 0.1) is 0 Å². The van der Waals surface area contributed by atoms with Crippen LogP contribution in [0.25, 0.3) is 0 Å². The fraction of sp³-hybridized carbons (Fsp3) is 0.500. The van der Waals surface area contributed by atoms with E-state index in [4.69, 9.17) is 23.2 Å².